The average molecular weight is 201 g/mol. The third-order valence-corrected chi connectivity index (χ3v) is 1.69. The molecule has 0 heterocycles. The Kier molecular flexibility index (Phi) is 6.74. The molecule has 0 bridgehead atoms. The predicted molar refractivity (Wildman–Crippen MR) is 54.6 cm³/mol. The zero-order valence-corrected chi connectivity index (χ0v) is 8.80. The van der Waals surface area contributed by atoms with Crippen molar-refractivity contribution in [1.82, 2.24) is 10.6 Å². The Balaban J connectivity index is 3.55. The van der Waals surface area contributed by atoms with Gasteiger partial charge in [-0.3, -0.25) is 9.59 Å². The van der Waals surface area contributed by atoms with Gasteiger partial charge in [0.25, 0.3) is 0 Å². The zero-order valence-electron chi connectivity index (χ0n) is 8.80. The van der Waals surface area contributed by atoms with Crippen LogP contribution in [-0.2, 0) is 9.59 Å². The number of amides is 2. The van der Waals surface area contributed by atoms with Crippen molar-refractivity contribution >= 4 is 11.8 Å². The number of carbonyl (C=O) groups is 2. The summed E-state index contributed by atoms with van der Waals surface area (Å²) in [6.07, 6.45) is 0.615. The molecule has 0 rings (SSSR count). The Bertz CT molecular complexity index is 194. The summed E-state index contributed by atoms with van der Waals surface area (Å²) >= 11 is 0. The van der Waals surface area contributed by atoms with Crippen LogP contribution < -0.4 is 16.4 Å². The summed E-state index contributed by atoms with van der Waals surface area (Å²) < 4.78 is 0. The summed E-state index contributed by atoms with van der Waals surface area (Å²) in [5, 5.41) is 5.73. The topological polar surface area (TPSA) is 84.2 Å². The van der Waals surface area contributed by atoms with Gasteiger partial charge in [-0.25, -0.2) is 0 Å². The van der Waals surface area contributed by atoms with E-state index in [4.69, 9.17) is 5.73 Å². The van der Waals surface area contributed by atoms with Crippen LogP contribution in [0.2, 0.25) is 0 Å². The van der Waals surface area contributed by atoms with Gasteiger partial charge in [0.05, 0.1) is 0 Å². The smallest absolute Gasteiger partial charge is 0.221 e. The maximum atomic E-state index is 11.2. The molecule has 2 amide bonds. The van der Waals surface area contributed by atoms with Gasteiger partial charge in [-0.1, -0.05) is 6.92 Å². The van der Waals surface area contributed by atoms with Gasteiger partial charge in [-0.15, -0.1) is 0 Å². The monoisotopic (exact) mass is 201 g/mol. The number of primary amides is 1. The molecule has 1 unspecified atom stereocenters. The number of rotatable bonds is 7. The van der Waals surface area contributed by atoms with Crippen LogP contribution >= 0.6 is 0 Å². The van der Waals surface area contributed by atoms with Crippen molar-refractivity contribution < 1.29 is 9.59 Å². The summed E-state index contributed by atoms with van der Waals surface area (Å²) in [7, 11) is 0. The number of nitrogens with one attached hydrogen (secondary N) is 2. The first-order chi connectivity index (χ1) is 6.56. The van der Waals surface area contributed by atoms with Crippen molar-refractivity contribution in [3.05, 3.63) is 0 Å². The van der Waals surface area contributed by atoms with Crippen molar-refractivity contribution in [3.63, 3.8) is 0 Å². The lowest BCUT2D eigenvalue weighted by Gasteiger charge is -2.11. The van der Waals surface area contributed by atoms with Crippen molar-refractivity contribution in [3.8, 4) is 0 Å². The molecule has 4 N–H and O–H groups in total. The molecule has 14 heavy (non-hydrogen) atoms. The van der Waals surface area contributed by atoms with Crippen molar-refractivity contribution in [2.24, 2.45) is 5.73 Å². The number of hydrogen-bond donors (Lipinski definition) is 3. The van der Waals surface area contributed by atoms with E-state index in [0.29, 0.717) is 13.0 Å². The van der Waals surface area contributed by atoms with Gasteiger partial charge < -0.3 is 16.4 Å². The molecule has 5 heteroatoms. The minimum Gasteiger partial charge on any atom is -0.370 e. The van der Waals surface area contributed by atoms with Crippen LogP contribution in [0.15, 0.2) is 0 Å². The highest BCUT2D eigenvalue weighted by Crippen LogP contribution is 1.89. The fourth-order valence-electron chi connectivity index (χ4n) is 1.08. The van der Waals surface area contributed by atoms with Crippen LogP contribution in [0.5, 0.6) is 0 Å². The molecule has 0 spiro atoms. The van der Waals surface area contributed by atoms with E-state index in [1.54, 1.807) is 6.92 Å². The van der Waals surface area contributed by atoms with Crippen LogP contribution in [0.25, 0.3) is 0 Å². The van der Waals surface area contributed by atoms with E-state index in [0.717, 1.165) is 6.54 Å². The second-order valence-corrected chi connectivity index (χ2v) is 3.24. The first-order valence-corrected chi connectivity index (χ1v) is 4.84. The average Bonchev–Trinajstić information content (AvgIpc) is 2.02. The molecule has 1 atom stereocenters. The van der Waals surface area contributed by atoms with Crippen molar-refractivity contribution in [2.75, 3.05) is 13.1 Å². The van der Waals surface area contributed by atoms with E-state index in [-0.39, 0.29) is 18.4 Å². The largest absolute Gasteiger partial charge is 0.370 e. The predicted octanol–water partition coefficient (Wildman–Crippen LogP) is -0.634. The highest BCUT2D eigenvalue weighted by Gasteiger charge is 2.08. The van der Waals surface area contributed by atoms with Crippen molar-refractivity contribution in [2.45, 2.75) is 32.7 Å². The molecule has 82 valence electrons. The van der Waals surface area contributed by atoms with Gasteiger partial charge in [-0.05, 0) is 13.5 Å². The molecule has 0 aromatic rings. The molecule has 0 saturated heterocycles. The molecule has 0 aromatic heterocycles. The van der Waals surface area contributed by atoms with E-state index in [9.17, 15) is 9.59 Å². The molecule has 0 aromatic carbocycles. The van der Waals surface area contributed by atoms with E-state index in [2.05, 4.69) is 10.6 Å². The van der Waals surface area contributed by atoms with Crippen LogP contribution in [0, 0.1) is 0 Å². The summed E-state index contributed by atoms with van der Waals surface area (Å²) in [5.74, 6) is -0.454. The van der Waals surface area contributed by atoms with Gasteiger partial charge in [0.15, 0.2) is 0 Å². The lowest BCUT2D eigenvalue weighted by atomic mass is 10.2. The Morgan fingerprint density at radius 1 is 1.43 bits per heavy atom. The maximum Gasteiger partial charge on any atom is 0.221 e. The fraction of sp³-hybridized carbons (Fsp3) is 0.778. The van der Waals surface area contributed by atoms with Crippen LogP contribution in [0.1, 0.15) is 26.7 Å². The van der Waals surface area contributed by atoms with Gasteiger partial charge in [0, 0.05) is 25.4 Å². The Morgan fingerprint density at radius 2 is 2.07 bits per heavy atom. The third kappa shape index (κ3) is 7.54. The molecule has 0 aliphatic carbocycles. The molecule has 0 aliphatic heterocycles. The minimum absolute atomic E-state index is 0.0558. The summed E-state index contributed by atoms with van der Waals surface area (Å²) in [4.78, 5) is 21.7. The molecule has 0 aliphatic rings. The first-order valence-electron chi connectivity index (χ1n) is 4.84. The van der Waals surface area contributed by atoms with E-state index in [1.165, 1.54) is 0 Å². The molecular formula is C9H19N3O2. The maximum absolute atomic E-state index is 11.2. The molecule has 0 fully saturated rings. The lowest BCUT2D eigenvalue weighted by molar-refractivity contribution is -0.122. The highest BCUT2D eigenvalue weighted by molar-refractivity contribution is 5.78. The van der Waals surface area contributed by atoms with Crippen molar-refractivity contribution in [1.29, 1.82) is 0 Å². The second-order valence-electron chi connectivity index (χ2n) is 3.24. The third-order valence-electron chi connectivity index (χ3n) is 1.69. The normalized spacial score (nSPS) is 12.1. The van der Waals surface area contributed by atoms with E-state index >= 15 is 0 Å². The number of nitrogens with two attached hydrogens (primary N) is 1. The minimum atomic E-state index is -0.399. The Morgan fingerprint density at radius 3 is 2.57 bits per heavy atom. The van der Waals surface area contributed by atoms with Crippen LogP contribution in [0.4, 0.5) is 0 Å². The van der Waals surface area contributed by atoms with Gasteiger partial charge in [0.1, 0.15) is 0 Å². The van der Waals surface area contributed by atoms with E-state index < -0.39 is 5.91 Å². The van der Waals surface area contributed by atoms with Gasteiger partial charge in [-0.2, -0.15) is 0 Å². The summed E-state index contributed by atoms with van der Waals surface area (Å²) in [6, 6.07) is -0.179. The van der Waals surface area contributed by atoms with E-state index in [1.807, 2.05) is 6.92 Å². The van der Waals surface area contributed by atoms with Gasteiger partial charge >= 0.3 is 0 Å². The van der Waals surface area contributed by atoms with Crippen LogP contribution in [0.3, 0.4) is 0 Å². The van der Waals surface area contributed by atoms with Crippen LogP contribution in [-0.4, -0.2) is 30.9 Å². The SMILES string of the molecule is CCNCCC(=O)NC(C)CC(N)=O. The Hall–Kier alpha value is -1.10. The Labute approximate surface area is 84.4 Å². The molecule has 0 saturated carbocycles. The van der Waals surface area contributed by atoms with Gasteiger partial charge in [0.2, 0.25) is 11.8 Å². The first kappa shape index (κ1) is 12.9. The standard InChI is InChI=1S/C9H19N3O2/c1-3-11-5-4-9(14)12-7(2)6-8(10)13/h7,11H,3-6H2,1-2H3,(H2,10,13)(H,12,14). The zero-order chi connectivity index (χ0) is 11.0. The second kappa shape index (κ2) is 7.32. The summed E-state index contributed by atoms with van der Waals surface area (Å²) in [6.45, 7) is 5.25. The molecule has 5 nitrogen and oxygen atoms in total. The molecular weight excluding hydrogens is 182 g/mol. The number of carbonyl (C=O) groups excluding carboxylic acids is 2. The highest BCUT2D eigenvalue weighted by atomic mass is 16.2. The fourth-order valence-corrected chi connectivity index (χ4v) is 1.08. The lowest BCUT2D eigenvalue weighted by Crippen LogP contribution is -2.37. The number of hydrogen-bond acceptors (Lipinski definition) is 3. The quantitative estimate of drug-likeness (QED) is 0.479. The molecule has 0 radical (unpaired) electrons. The summed E-state index contributed by atoms with van der Waals surface area (Å²) in [5.41, 5.74) is 4.99.